The number of hydrogen-bond donors (Lipinski definition) is 0. The zero-order valence-electron chi connectivity index (χ0n) is 13.3. The van der Waals surface area contributed by atoms with Crippen molar-refractivity contribution in [2.24, 2.45) is 0 Å². The van der Waals surface area contributed by atoms with Crippen molar-refractivity contribution in [1.82, 2.24) is 10.2 Å². The van der Waals surface area contributed by atoms with Gasteiger partial charge in [-0.25, -0.2) is 4.79 Å². The van der Waals surface area contributed by atoms with Gasteiger partial charge in [0.05, 0.1) is 4.92 Å². The summed E-state index contributed by atoms with van der Waals surface area (Å²) >= 11 is 1.30. The molecular formula is C16H13N3O5S. The van der Waals surface area contributed by atoms with Gasteiger partial charge in [-0.15, -0.1) is 21.5 Å². The number of benzene rings is 1. The lowest BCUT2D eigenvalue weighted by Crippen LogP contribution is -2.09. The third-order valence-corrected chi connectivity index (χ3v) is 4.44. The van der Waals surface area contributed by atoms with Gasteiger partial charge in [0.1, 0.15) is 4.88 Å². The van der Waals surface area contributed by atoms with Gasteiger partial charge in [0.25, 0.3) is 11.6 Å². The summed E-state index contributed by atoms with van der Waals surface area (Å²) in [6.45, 7) is 3.46. The molecule has 0 amide bonds. The van der Waals surface area contributed by atoms with Crippen molar-refractivity contribution >= 4 is 23.0 Å². The van der Waals surface area contributed by atoms with Crippen molar-refractivity contribution in [2.75, 3.05) is 0 Å². The standard InChI is InChI=1S/C16H13N3O5S/c1-9-7-8-25-13(9)16(20)23-10(2)14-17-18-15(24-14)11-3-5-12(6-4-11)19(21)22/h3-8,10H,1-2H3. The van der Waals surface area contributed by atoms with Crippen molar-refractivity contribution in [1.29, 1.82) is 0 Å². The van der Waals surface area contributed by atoms with Crippen LogP contribution >= 0.6 is 11.3 Å². The highest BCUT2D eigenvalue weighted by atomic mass is 32.1. The number of ether oxygens (including phenoxy) is 1. The fourth-order valence-electron chi connectivity index (χ4n) is 2.09. The number of rotatable bonds is 5. The summed E-state index contributed by atoms with van der Waals surface area (Å²) in [6.07, 6.45) is -0.715. The maximum Gasteiger partial charge on any atom is 0.349 e. The van der Waals surface area contributed by atoms with Crippen LogP contribution in [0.1, 0.15) is 34.2 Å². The third kappa shape index (κ3) is 3.56. The van der Waals surface area contributed by atoms with Gasteiger partial charge in [0.15, 0.2) is 6.10 Å². The molecule has 8 nitrogen and oxygen atoms in total. The molecule has 0 fully saturated rings. The average Bonchev–Trinajstić information content (AvgIpc) is 3.24. The normalized spacial score (nSPS) is 11.9. The van der Waals surface area contributed by atoms with E-state index in [1.54, 1.807) is 6.92 Å². The Morgan fingerprint density at radius 3 is 2.60 bits per heavy atom. The van der Waals surface area contributed by atoms with Crippen molar-refractivity contribution in [3.8, 4) is 11.5 Å². The molecule has 1 aromatic carbocycles. The van der Waals surface area contributed by atoms with Gasteiger partial charge < -0.3 is 9.15 Å². The van der Waals surface area contributed by atoms with Crippen molar-refractivity contribution in [3.63, 3.8) is 0 Å². The molecule has 0 aliphatic carbocycles. The topological polar surface area (TPSA) is 108 Å². The summed E-state index contributed by atoms with van der Waals surface area (Å²) in [5.74, 6) is -0.105. The molecule has 0 aliphatic heterocycles. The molecule has 2 heterocycles. The van der Waals surface area contributed by atoms with Crippen LogP contribution in [0.5, 0.6) is 0 Å². The molecule has 128 valence electrons. The Labute approximate surface area is 146 Å². The van der Waals surface area contributed by atoms with Crippen LogP contribution in [0.15, 0.2) is 40.1 Å². The molecule has 25 heavy (non-hydrogen) atoms. The lowest BCUT2D eigenvalue weighted by molar-refractivity contribution is -0.384. The second kappa shape index (κ2) is 6.81. The number of aryl methyl sites for hydroxylation is 1. The summed E-state index contributed by atoms with van der Waals surface area (Å²) < 4.78 is 10.9. The number of hydrogen-bond acceptors (Lipinski definition) is 8. The van der Waals surface area contributed by atoms with Gasteiger partial charge >= 0.3 is 5.97 Å². The van der Waals surface area contributed by atoms with Gasteiger partial charge in [-0.05, 0) is 43.0 Å². The van der Waals surface area contributed by atoms with Gasteiger partial charge in [0.2, 0.25) is 5.89 Å². The Bertz CT molecular complexity index is 916. The van der Waals surface area contributed by atoms with Crippen molar-refractivity contribution < 1.29 is 18.9 Å². The molecule has 9 heteroatoms. The molecule has 0 bridgehead atoms. The molecular weight excluding hydrogens is 346 g/mol. The van der Waals surface area contributed by atoms with Crippen molar-refractivity contribution in [3.05, 3.63) is 62.2 Å². The van der Waals surface area contributed by atoms with Gasteiger partial charge in [-0.2, -0.15) is 0 Å². The fourth-order valence-corrected chi connectivity index (χ4v) is 2.89. The van der Waals surface area contributed by atoms with E-state index in [4.69, 9.17) is 9.15 Å². The SMILES string of the molecule is Cc1ccsc1C(=O)OC(C)c1nnc(-c2ccc([N+](=O)[O-])cc2)o1. The summed E-state index contributed by atoms with van der Waals surface area (Å²) in [6, 6.07) is 7.57. The van der Waals surface area contributed by atoms with Crippen LogP contribution in [-0.2, 0) is 4.74 Å². The first-order valence-electron chi connectivity index (χ1n) is 7.29. The van der Waals surface area contributed by atoms with Crippen LogP contribution in [0, 0.1) is 17.0 Å². The number of esters is 1. The number of carbonyl (C=O) groups is 1. The molecule has 0 aliphatic rings. The Hall–Kier alpha value is -3.07. The van der Waals surface area contributed by atoms with Gasteiger partial charge in [-0.3, -0.25) is 10.1 Å². The van der Waals surface area contributed by atoms with E-state index in [1.807, 2.05) is 18.4 Å². The number of non-ortho nitro benzene ring substituents is 1. The molecule has 0 saturated carbocycles. The third-order valence-electron chi connectivity index (χ3n) is 3.44. The zero-order valence-corrected chi connectivity index (χ0v) is 14.1. The molecule has 0 N–H and O–H groups in total. The second-order valence-electron chi connectivity index (χ2n) is 5.23. The minimum absolute atomic E-state index is 0.0305. The van der Waals surface area contributed by atoms with Crippen LogP contribution in [0.4, 0.5) is 5.69 Å². The minimum Gasteiger partial charge on any atom is -0.448 e. The van der Waals surface area contributed by atoms with E-state index in [0.717, 1.165) is 5.56 Å². The highest BCUT2D eigenvalue weighted by molar-refractivity contribution is 7.12. The molecule has 3 aromatic rings. The predicted octanol–water partition coefficient (Wildman–Crippen LogP) is 3.93. The zero-order chi connectivity index (χ0) is 18.0. The minimum atomic E-state index is -0.715. The van der Waals surface area contributed by atoms with Gasteiger partial charge in [-0.1, -0.05) is 0 Å². The molecule has 1 unspecified atom stereocenters. The van der Waals surface area contributed by atoms with E-state index in [0.29, 0.717) is 10.4 Å². The quantitative estimate of drug-likeness (QED) is 0.386. The number of nitrogens with zero attached hydrogens (tertiary/aromatic N) is 3. The summed E-state index contributed by atoms with van der Waals surface area (Å²) in [5, 5.41) is 20.3. The average molecular weight is 359 g/mol. The van der Waals surface area contributed by atoms with E-state index in [-0.39, 0.29) is 17.5 Å². The molecule has 1 atom stereocenters. The maximum absolute atomic E-state index is 12.1. The van der Waals surface area contributed by atoms with Crippen LogP contribution < -0.4 is 0 Å². The highest BCUT2D eigenvalue weighted by Gasteiger charge is 2.21. The van der Waals surface area contributed by atoms with Crippen LogP contribution in [0.3, 0.4) is 0 Å². The van der Waals surface area contributed by atoms with Crippen LogP contribution in [0.25, 0.3) is 11.5 Å². The Morgan fingerprint density at radius 1 is 1.28 bits per heavy atom. The summed E-state index contributed by atoms with van der Waals surface area (Å²) in [4.78, 5) is 22.8. The summed E-state index contributed by atoms with van der Waals surface area (Å²) in [7, 11) is 0. The number of nitro groups is 1. The molecule has 0 saturated heterocycles. The number of nitro benzene ring substituents is 1. The van der Waals surface area contributed by atoms with Crippen LogP contribution in [-0.4, -0.2) is 21.1 Å². The Morgan fingerprint density at radius 2 is 2.00 bits per heavy atom. The predicted molar refractivity (Wildman–Crippen MR) is 89.3 cm³/mol. The van der Waals surface area contributed by atoms with E-state index in [2.05, 4.69) is 10.2 Å². The first kappa shape index (κ1) is 16.8. The van der Waals surface area contributed by atoms with Crippen molar-refractivity contribution in [2.45, 2.75) is 20.0 Å². The smallest absolute Gasteiger partial charge is 0.349 e. The Kier molecular flexibility index (Phi) is 4.57. The second-order valence-corrected chi connectivity index (χ2v) is 6.15. The molecule has 0 spiro atoms. The number of carbonyl (C=O) groups excluding carboxylic acids is 1. The highest BCUT2D eigenvalue weighted by Crippen LogP contribution is 2.26. The van der Waals surface area contributed by atoms with Gasteiger partial charge in [0, 0.05) is 17.7 Å². The summed E-state index contributed by atoms with van der Waals surface area (Å²) in [5.41, 5.74) is 1.35. The largest absolute Gasteiger partial charge is 0.448 e. The Balaban J connectivity index is 1.73. The number of aromatic nitrogens is 2. The van der Waals surface area contributed by atoms with E-state index in [1.165, 1.54) is 35.6 Å². The first-order chi connectivity index (χ1) is 12.0. The lowest BCUT2D eigenvalue weighted by atomic mass is 10.2. The van der Waals surface area contributed by atoms with Crippen LogP contribution in [0.2, 0.25) is 0 Å². The number of thiophene rings is 1. The first-order valence-corrected chi connectivity index (χ1v) is 8.17. The molecule has 2 aromatic heterocycles. The van der Waals surface area contributed by atoms with E-state index in [9.17, 15) is 14.9 Å². The van der Waals surface area contributed by atoms with E-state index >= 15 is 0 Å². The lowest BCUT2D eigenvalue weighted by Gasteiger charge is -2.08. The monoisotopic (exact) mass is 359 g/mol. The molecule has 3 rings (SSSR count). The van der Waals surface area contributed by atoms with E-state index < -0.39 is 17.0 Å². The fraction of sp³-hybridized carbons (Fsp3) is 0.188. The maximum atomic E-state index is 12.1. The molecule has 0 radical (unpaired) electrons.